The molecule has 0 saturated carbocycles. The van der Waals surface area contributed by atoms with Gasteiger partial charge in [0.05, 0.1) is 12.7 Å². The van der Waals surface area contributed by atoms with Crippen LogP contribution in [0.1, 0.15) is 38.0 Å². The van der Waals surface area contributed by atoms with Gasteiger partial charge in [-0.05, 0) is 5.56 Å². The number of rotatable bonds is 8. The molecule has 0 fully saturated rings. The molecule has 6 rings (SSSR count). The van der Waals surface area contributed by atoms with E-state index in [1.54, 1.807) is 6.20 Å². The van der Waals surface area contributed by atoms with Gasteiger partial charge in [-0.1, -0.05) is 112 Å². The molecule has 0 aliphatic rings. The highest BCUT2D eigenvalue weighted by molar-refractivity contribution is 5.74. The lowest BCUT2D eigenvalue weighted by Gasteiger charge is -2.15. The lowest BCUT2D eigenvalue weighted by Crippen LogP contribution is -2.23. The summed E-state index contributed by atoms with van der Waals surface area (Å²) in [5, 5.41) is 2.70. The van der Waals surface area contributed by atoms with E-state index in [9.17, 15) is 4.79 Å². The van der Waals surface area contributed by atoms with Crippen LogP contribution in [0.5, 0.6) is 0 Å². The Morgan fingerprint density at radius 3 is 2.09 bits per heavy atom. The summed E-state index contributed by atoms with van der Waals surface area (Å²) in [7, 11) is 0. The minimum Gasteiger partial charge on any atom is -0.445 e. The summed E-state index contributed by atoms with van der Waals surface area (Å²) in [6.45, 7) is 6.24. The molecule has 0 radical (unpaired) electrons. The number of oxazole rings is 3. The van der Waals surface area contributed by atoms with Crippen molar-refractivity contribution in [3.8, 4) is 45.8 Å². The van der Waals surface area contributed by atoms with Crippen molar-refractivity contribution in [1.82, 2.24) is 20.3 Å². The van der Waals surface area contributed by atoms with E-state index < -0.39 is 11.5 Å². The van der Waals surface area contributed by atoms with Crippen molar-refractivity contribution in [2.24, 2.45) is 0 Å². The number of nitrogens with one attached hydrogen (secondary N) is 1. The van der Waals surface area contributed by atoms with Gasteiger partial charge < -0.3 is 23.3 Å². The number of carbonyl (C=O) groups is 1. The molecule has 9 nitrogen and oxygen atoms in total. The summed E-state index contributed by atoms with van der Waals surface area (Å²) < 4.78 is 24.0. The van der Waals surface area contributed by atoms with Gasteiger partial charge in [0, 0.05) is 16.5 Å². The highest BCUT2D eigenvalue weighted by Crippen LogP contribution is 2.40. The Balaban J connectivity index is 1.31. The number of amides is 1. The van der Waals surface area contributed by atoms with Crippen molar-refractivity contribution in [1.29, 1.82) is 0 Å². The first-order valence-electron chi connectivity index (χ1n) is 13.9. The summed E-state index contributed by atoms with van der Waals surface area (Å²) >= 11 is 0. The van der Waals surface area contributed by atoms with E-state index in [1.807, 2.05) is 112 Å². The van der Waals surface area contributed by atoms with Crippen molar-refractivity contribution in [2.45, 2.75) is 39.3 Å². The normalized spacial score (nSPS) is 11.4. The smallest absolute Gasteiger partial charge is 0.407 e. The second-order valence-electron chi connectivity index (χ2n) is 10.9. The number of benzene rings is 3. The predicted octanol–water partition coefficient (Wildman–Crippen LogP) is 8.04. The Bertz CT molecular complexity index is 1820. The second kappa shape index (κ2) is 11.8. The zero-order valence-corrected chi connectivity index (χ0v) is 24.0. The van der Waals surface area contributed by atoms with Crippen molar-refractivity contribution in [3.63, 3.8) is 0 Å². The molecule has 1 amide bonds. The molecule has 0 aliphatic heterocycles. The molecular weight excluding hydrogens is 544 g/mol. The molecule has 0 aliphatic carbocycles. The van der Waals surface area contributed by atoms with Crippen LogP contribution < -0.4 is 5.32 Å². The lowest BCUT2D eigenvalue weighted by atomic mass is 9.92. The summed E-state index contributed by atoms with van der Waals surface area (Å²) in [6, 6.07) is 28.7. The third-order valence-electron chi connectivity index (χ3n) is 6.58. The highest BCUT2D eigenvalue weighted by atomic mass is 16.5. The van der Waals surface area contributed by atoms with Crippen LogP contribution in [0.2, 0.25) is 0 Å². The first-order chi connectivity index (χ1) is 20.8. The van der Waals surface area contributed by atoms with E-state index in [0.29, 0.717) is 34.6 Å². The molecule has 9 heteroatoms. The SMILES string of the molecule is CC(C)(C)c1oc(-c2nc(CNC(=O)OCc3ccccc3)oc2-c2ccccc2)nc1-c1ncc(-c2ccccc2)o1. The molecule has 0 saturated heterocycles. The lowest BCUT2D eigenvalue weighted by molar-refractivity contribution is 0.138. The highest BCUT2D eigenvalue weighted by Gasteiger charge is 2.32. The fraction of sp³-hybridized carbons (Fsp3) is 0.176. The largest absolute Gasteiger partial charge is 0.445 e. The molecule has 3 aromatic heterocycles. The van der Waals surface area contributed by atoms with Gasteiger partial charge in [-0.25, -0.2) is 19.7 Å². The maximum Gasteiger partial charge on any atom is 0.407 e. The first kappa shape index (κ1) is 27.7. The van der Waals surface area contributed by atoms with Gasteiger partial charge >= 0.3 is 6.09 Å². The van der Waals surface area contributed by atoms with Gasteiger partial charge in [-0.3, -0.25) is 0 Å². The van der Waals surface area contributed by atoms with E-state index in [2.05, 4.69) is 15.3 Å². The van der Waals surface area contributed by atoms with Crippen molar-refractivity contribution in [3.05, 3.63) is 114 Å². The number of hydrogen-bond acceptors (Lipinski definition) is 8. The van der Waals surface area contributed by atoms with Crippen LogP contribution in [-0.2, 0) is 23.3 Å². The van der Waals surface area contributed by atoms with Crippen LogP contribution in [0, 0.1) is 0 Å². The summed E-state index contributed by atoms with van der Waals surface area (Å²) in [5.74, 6) is 2.53. The average molecular weight is 575 g/mol. The van der Waals surface area contributed by atoms with E-state index in [1.165, 1.54) is 0 Å². The van der Waals surface area contributed by atoms with Crippen molar-refractivity contribution in [2.75, 3.05) is 0 Å². The Kier molecular flexibility index (Phi) is 7.61. The second-order valence-corrected chi connectivity index (χ2v) is 10.9. The summed E-state index contributed by atoms with van der Waals surface area (Å²) in [6.07, 6.45) is 1.09. The summed E-state index contributed by atoms with van der Waals surface area (Å²) in [5.41, 5.74) is 3.03. The molecule has 3 heterocycles. The maximum absolute atomic E-state index is 12.4. The quantitative estimate of drug-likeness (QED) is 0.194. The molecule has 0 atom stereocenters. The number of ether oxygens (including phenoxy) is 1. The number of aromatic nitrogens is 3. The summed E-state index contributed by atoms with van der Waals surface area (Å²) in [4.78, 5) is 26.4. The number of carbonyl (C=O) groups excluding carboxylic acids is 1. The molecule has 6 aromatic rings. The minimum atomic E-state index is -0.587. The molecule has 1 N–H and O–H groups in total. The number of hydrogen-bond donors (Lipinski definition) is 1. The van der Waals surface area contributed by atoms with Gasteiger partial charge in [0.25, 0.3) is 0 Å². The van der Waals surface area contributed by atoms with Crippen molar-refractivity contribution >= 4 is 6.09 Å². The molecule has 216 valence electrons. The van der Waals surface area contributed by atoms with Gasteiger partial charge in [0.1, 0.15) is 12.4 Å². The van der Waals surface area contributed by atoms with Crippen LogP contribution >= 0.6 is 0 Å². The predicted molar refractivity (Wildman–Crippen MR) is 161 cm³/mol. The molecule has 43 heavy (non-hydrogen) atoms. The zero-order valence-electron chi connectivity index (χ0n) is 24.0. The van der Waals surface area contributed by atoms with Crippen LogP contribution in [0.3, 0.4) is 0 Å². The Hall–Kier alpha value is -5.44. The topological polar surface area (TPSA) is 116 Å². The van der Waals surface area contributed by atoms with E-state index >= 15 is 0 Å². The molecule has 0 unspecified atom stereocenters. The molecule has 3 aromatic carbocycles. The first-order valence-corrected chi connectivity index (χ1v) is 13.9. The Morgan fingerprint density at radius 1 is 0.767 bits per heavy atom. The number of alkyl carbamates (subject to hydrolysis) is 1. The van der Waals surface area contributed by atoms with Gasteiger partial charge in [0.2, 0.25) is 17.7 Å². The van der Waals surface area contributed by atoms with E-state index in [-0.39, 0.29) is 24.9 Å². The van der Waals surface area contributed by atoms with Crippen LogP contribution in [0.25, 0.3) is 45.8 Å². The van der Waals surface area contributed by atoms with Gasteiger partial charge in [-0.15, -0.1) is 0 Å². The standard InChI is InChI=1S/C34H30N4O5/c1-34(2,3)30-28(31-35-19-25(41-31)23-15-9-5-10-16-23)38-32(43-30)27-29(24-17-11-6-12-18-24)42-26(37-27)20-36-33(39)40-21-22-13-7-4-8-14-22/h4-19H,20-21H2,1-3H3,(H,36,39). The average Bonchev–Trinajstić information content (AvgIpc) is 3.79. The number of nitrogens with zero attached hydrogens (tertiary/aromatic N) is 3. The Labute approximate surface area is 248 Å². The minimum absolute atomic E-state index is 0.00727. The fourth-order valence-corrected chi connectivity index (χ4v) is 4.49. The Morgan fingerprint density at radius 2 is 1.42 bits per heavy atom. The van der Waals surface area contributed by atoms with E-state index in [0.717, 1.165) is 16.7 Å². The van der Waals surface area contributed by atoms with Crippen LogP contribution in [0.4, 0.5) is 4.79 Å². The maximum atomic E-state index is 12.4. The van der Waals surface area contributed by atoms with Gasteiger partial charge in [0.15, 0.2) is 22.9 Å². The monoisotopic (exact) mass is 574 g/mol. The van der Waals surface area contributed by atoms with E-state index in [4.69, 9.17) is 23.0 Å². The fourth-order valence-electron chi connectivity index (χ4n) is 4.49. The van der Waals surface area contributed by atoms with Crippen LogP contribution in [0.15, 0.2) is 110 Å². The third-order valence-corrected chi connectivity index (χ3v) is 6.58. The van der Waals surface area contributed by atoms with Gasteiger partial charge in [-0.2, -0.15) is 0 Å². The van der Waals surface area contributed by atoms with Crippen molar-refractivity contribution < 1.29 is 22.8 Å². The molecule has 0 spiro atoms. The van der Waals surface area contributed by atoms with Crippen LogP contribution in [-0.4, -0.2) is 21.0 Å². The molecule has 0 bridgehead atoms. The molecular formula is C34H30N4O5. The zero-order chi connectivity index (χ0) is 29.8. The third kappa shape index (κ3) is 6.25.